The van der Waals surface area contributed by atoms with E-state index in [1.165, 1.54) is 12.8 Å². The van der Waals surface area contributed by atoms with E-state index < -0.39 is 6.10 Å². The van der Waals surface area contributed by atoms with Gasteiger partial charge in [0.2, 0.25) is 11.8 Å². The number of amides is 2. The molecule has 0 aromatic heterocycles. The molecule has 2 atom stereocenters. The number of rotatable bonds is 6. The molecule has 24 heavy (non-hydrogen) atoms. The van der Waals surface area contributed by atoms with E-state index in [1.54, 1.807) is 0 Å². The van der Waals surface area contributed by atoms with Crippen molar-refractivity contribution in [3.63, 3.8) is 0 Å². The average molecular weight is 330 g/mol. The first-order chi connectivity index (χ1) is 11.6. The van der Waals surface area contributed by atoms with Gasteiger partial charge >= 0.3 is 0 Å². The van der Waals surface area contributed by atoms with E-state index in [9.17, 15) is 14.7 Å². The third-order valence-corrected chi connectivity index (χ3v) is 5.12. The Kier molecular flexibility index (Phi) is 5.51. The fourth-order valence-electron chi connectivity index (χ4n) is 3.80. The molecular formula is C19H26N2O3. The minimum Gasteiger partial charge on any atom is -0.391 e. The maximum atomic E-state index is 12.3. The van der Waals surface area contributed by atoms with E-state index in [0.29, 0.717) is 25.4 Å². The van der Waals surface area contributed by atoms with Gasteiger partial charge in [0.1, 0.15) is 0 Å². The molecule has 1 aromatic carbocycles. The molecule has 2 N–H and O–H groups in total. The highest BCUT2D eigenvalue weighted by Crippen LogP contribution is 2.29. The molecule has 1 saturated carbocycles. The molecule has 1 saturated heterocycles. The van der Waals surface area contributed by atoms with Crippen molar-refractivity contribution in [2.45, 2.75) is 50.7 Å². The predicted octanol–water partition coefficient (Wildman–Crippen LogP) is 1.50. The first-order valence-corrected chi connectivity index (χ1v) is 8.92. The smallest absolute Gasteiger partial charge is 0.225 e. The molecule has 5 nitrogen and oxygen atoms in total. The monoisotopic (exact) mass is 330 g/mol. The van der Waals surface area contributed by atoms with Crippen molar-refractivity contribution in [1.82, 2.24) is 10.2 Å². The Morgan fingerprint density at radius 3 is 2.67 bits per heavy atom. The maximum Gasteiger partial charge on any atom is 0.225 e. The van der Waals surface area contributed by atoms with E-state index in [4.69, 9.17) is 0 Å². The highest BCUT2D eigenvalue weighted by Gasteiger charge is 2.38. The summed E-state index contributed by atoms with van der Waals surface area (Å²) in [7, 11) is 0. The minimum atomic E-state index is -0.612. The normalized spacial score (nSPS) is 22.8. The van der Waals surface area contributed by atoms with Gasteiger partial charge in [0.05, 0.1) is 12.0 Å². The fraction of sp³-hybridized carbons (Fsp3) is 0.579. The molecule has 1 aliphatic heterocycles. The number of nitrogens with zero attached hydrogens (tertiary/aromatic N) is 1. The molecule has 0 spiro atoms. The molecule has 130 valence electrons. The van der Waals surface area contributed by atoms with Crippen LogP contribution >= 0.6 is 0 Å². The van der Waals surface area contributed by atoms with Crippen molar-refractivity contribution in [3.8, 4) is 0 Å². The number of aliphatic hydroxyl groups excluding tert-OH is 1. The third-order valence-electron chi connectivity index (χ3n) is 5.12. The van der Waals surface area contributed by atoms with Gasteiger partial charge in [-0.15, -0.1) is 0 Å². The second kappa shape index (κ2) is 7.79. The summed E-state index contributed by atoms with van der Waals surface area (Å²) in [6.45, 7) is 0.756. The zero-order chi connectivity index (χ0) is 16.9. The summed E-state index contributed by atoms with van der Waals surface area (Å²) < 4.78 is 0. The molecule has 0 radical (unpaired) electrons. The van der Waals surface area contributed by atoms with Crippen molar-refractivity contribution in [3.05, 3.63) is 35.9 Å². The first-order valence-electron chi connectivity index (χ1n) is 8.92. The number of carbonyl (C=O) groups excluding carboxylic acids is 2. The first kappa shape index (κ1) is 17.0. The van der Waals surface area contributed by atoms with Gasteiger partial charge < -0.3 is 15.3 Å². The number of hydrogen-bond acceptors (Lipinski definition) is 3. The lowest BCUT2D eigenvalue weighted by Crippen LogP contribution is -2.39. The van der Waals surface area contributed by atoms with Crippen LogP contribution in [0.1, 0.15) is 37.7 Å². The van der Waals surface area contributed by atoms with Crippen LogP contribution in [0, 0.1) is 5.92 Å². The molecule has 3 rings (SSSR count). The quantitative estimate of drug-likeness (QED) is 0.830. The van der Waals surface area contributed by atoms with Crippen molar-refractivity contribution in [1.29, 1.82) is 0 Å². The summed E-state index contributed by atoms with van der Waals surface area (Å²) in [5, 5.41) is 12.9. The molecule has 1 aliphatic carbocycles. The average Bonchev–Trinajstić information content (AvgIpc) is 3.23. The number of nitrogens with one attached hydrogen (secondary N) is 1. The SMILES string of the molecule is O=C(NCC(O)Cc1ccccc1)C1CC(=O)N(C2CCCC2)C1. The minimum absolute atomic E-state index is 0.104. The van der Waals surface area contributed by atoms with Gasteiger partial charge in [-0.05, 0) is 18.4 Å². The van der Waals surface area contributed by atoms with Crippen LogP contribution < -0.4 is 5.32 Å². The van der Waals surface area contributed by atoms with Crippen LogP contribution in [0.3, 0.4) is 0 Å². The molecule has 1 aromatic rings. The highest BCUT2D eigenvalue weighted by atomic mass is 16.3. The maximum absolute atomic E-state index is 12.3. The van der Waals surface area contributed by atoms with Crippen molar-refractivity contribution in [2.24, 2.45) is 5.92 Å². The standard InChI is InChI=1S/C19H26N2O3/c22-17(10-14-6-2-1-3-7-14)12-20-19(24)15-11-18(23)21(13-15)16-8-4-5-9-16/h1-3,6-7,15-17,22H,4-5,8-13H2,(H,20,24). The van der Waals surface area contributed by atoms with E-state index >= 15 is 0 Å². The number of likely N-dealkylation sites (tertiary alicyclic amines) is 1. The van der Waals surface area contributed by atoms with Crippen LogP contribution in [0.15, 0.2) is 30.3 Å². The van der Waals surface area contributed by atoms with E-state index in [-0.39, 0.29) is 24.3 Å². The zero-order valence-corrected chi connectivity index (χ0v) is 14.0. The molecule has 2 amide bonds. The molecule has 0 bridgehead atoms. The molecule has 2 fully saturated rings. The summed E-state index contributed by atoms with van der Waals surface area (Å²) >= 11 is 0. The van der Waals surface area contributed by atoms with Crippen LogP contribution in [-0.2, 0) is 16.0 Å². The fourth-order valence-corrected chi connectivity index (χ4v) is 3.80. The summed E-state index contributed by atoms with van der Waals surface area (Å²) in [6, 6.07) is 10.1. The van der Waals surface area contributed by atoms with E-state index in [0.717, 1.165) is 18.4 Å². The van der Waals surface area contributed by atoms with Crippen molar-refractivity contribution in [2.75, 3.05) is 13.1 Å². The van der Waals surface area contributed by atoms with Crippen molar-refractivity contribution >= 4 is 11.8 Å². The Morgan fingerprint density at radius 2 is 1.96 bits per heavy atom. The Balaban J connectivity index is 1.44. The molecule has 2 unspecified atom stereocenters. The molecule has 2 aliphatic rings. The summed E-state index contributed by atoms with van der Waals surface area (Å²) in [6.07, 6.45) is 4.69. The zero-order valence-electron chi connectivity index (χ0n) is 14.0. The number of aliphatic hydroxyl groups is 1. The Hall–Kier alpha value is -1.88. The van der Waals surface area contributed by atoms with Crippen LogP contribution in [0.25, 0.3) is 0 Å². The van der Waals surface area contributed by atoms with Gasteiger partial charge in [-0.25, -0.2) is 0 Å². The summed E-state index contributed by atoms with van der Waals surface area (Å²) in [4.78, 5) is 26.4. The lowest BCUT2D eigenvalue weighted by Gasteiger charge is -2.24. The van der Waals surface area contributed by atoms with Crippen LogP contribution in [0.5, 0.6) is 0 Å². The second-order valence-electron chi connectivity index (χ2n) is 6.97. The largest absolute Gasteiger partial charge is 0.391 e. The number of benzene rings is 1. The van der Waals surface area contributed by atoms with Gasteiger partial charge in [0.25, 0.3) is 0 Å². The predicted molar refractivity (Wildman–Crippen MR) is 91.2 cm³/mol. The summed E-state index contributed by atoms with van der Waals surface area (Å²) in [5.74, 6) is -0.287. The molecule has 5 heteroatoms. The molecular weight excluding hydrogens is 304 g/mol. The van der Waals surface area contributed by atoms with E-state index in [2.05, 4.69) is 5.32 Å². The van der Waals surface area contributed by atoms with Gasteiger partial charge in [0, 0.05) is 32.0 Å². The summed E-state index contributed by atoms with van der Waals surface area (Å²) in [5.41, 5.74) is 1.04. The molecule has 1 heterocycles. The third kappa shape index (κ3) is 4.15. The Morgan fingerprint density at radius 1 is 1.25 bits per heavy atom. The Bertz CT molecular complexity index is 569. The van der Waals surface area contributed by atoms with Gasteiger partial charge in [-0.2, -0.15) is 0 Å². The van der Waals surface area contributed by atoms with Crippen molar-refractivity contribution < 1.29 is 14.7 Å². The van der Waals surface area contributed by atoms with Crippen LogP contribution in [0.4, 0.5) is 0 Å². The van der Waals surface area contributed by atoms with E-state index in [1.807, 2.05) is 35.2 Å². The van der Waals surface area contributed by atoms with Gasteiger partial charge in [-0.3, -0.25) is 9.59 Å². The lowest BCUT2D eigenvalue weighted by molar-refractivity contribution is -0.130. The number of hydrogen-bond donors (Lipinski definition) is 2. The van der Waals surface area contributed by atoms with Gasteiger partial charge in [0.15, 0.2) is 0 Å². The Labute approximate surface area is 143 Å². The lowest BCUT2D eigenvalue weighted by atomic mass is 10.1. The highest BCUT2D eigenvalue weighted by molar-refractivity contribution is 5.89. The van der Waals surface area contributed by atoms with Crippen LogP contribution in [0.2, 0.25) is 0 Å². The van der Waals surface area contributed by atoms with Gasteiger partial charge in [-0.1, -0.05) is 43.2 Å². The topological polar surface area (TPSA) is 69.6 Å². The second-order valence-corrected chi connectivity index (χ2v) is 6.97. The number of carbonyl (C=O) groups is 2. The van der Waals surface area contributed by atoms with Crippen LogP contribution in [-0.4, -0.2) is 47.1 Å².